The van der Waals surface area contributed by atoms with Crippen LogP contribution in [0, 0.1) is 6.92 Å². The van der Waals surface area contributed by atoms with Crippen LogP contribution >= 0.6 is 23.2 Å². The Bertz CT molecular complexity index is 618. The molecule has 0 unspecified atom stereocenters. The monoisotopic (exact) mass is 294 g/mol. The summed E-state index contributed by atoms with van der Waals surface area (Å²) >= 11 is 11.8. The van der Waals surface area contributed by atoms with Crippen LogP contribution in [0.25, 0.3) is 0 Å². The number of nitrogens with one attached hydrogen (secondary N) is 1. The Balaban J connectivity index is 2.27. The maximum absolute atomic E-state index is 12.1. The Morgan fingerprint density at radius 2 is 1.74 bits per heavy atom. The molecule has 2 aromatic rings. The Hall–Kier alpha value is -1.71. The maximum Gasteiger partial charge on any atom is 0.255 e. The van der Waals surface area contributed by atoms with E-state index in [9.17, 15) is 4.79 Å². The molecule has 2 rings (SSSR count). The lowest BCUT2D eigenvalue weighted by Crippen LogP contribution is -2.13. The van der Waals surface area contributed by atoms with Crippen molar-refractivity contribution >= 4 is 40.5 Å². The first kappa shape index (κ1) is 13.7. The first-order valence-corrected chi connectivity index (χ1v) is 6.36. The number of aryl methyl sites for hydroxylation is 1. The number of anilines is 2. The van der Waals surface area contributed by atoms with Gasteiger partial charge in [0.15, 0.2) is 0 Å². The lowest BCUT2D eigenvalue weighted by atomic mass is 10.1. The number of carbonyl (C=O) groups excluding carboxylic acids is 1. The van der Waals surface area contributed by atoms with Gasteiger partial charge in [0.1, 0.15) is 0 Å². The summed E-state index contributed by atoms with van der Waals surface area (Å²) in [5.74, 6) is -0.213. The third-order valence-corrected chi connectivity index (χ3v) is 3.35. The summed E-state index contributed by atoms with van der Waals surface area (Å²) in [6.45, 7) is 1.87. The quantitative estimate of drug-likeness (QED) is 0.818. The largest absolute Gasteiger partial charge is 0.396 e. The van der Waals surface area contributed by atoms with Gasteiger partial charge in [-0.1, -0.05) is 41.4 Å². The van der Waals surface area contributed by atoms with E-state index in [0.717, 1.165) is 5.56 Å². The lowest BCUT2D eigenvalue weighted by molar-refractivity contribution is 0.102. The first-order valence-electron chi connectivity index (χ1n) is 5.60. The van der Waals surface area contributed by atoms with Gasteiger partial charge in [-0.25, -0.2) is 0 Å². The van der Waals surface area contributed by atoms with Gasteiger partial charge in [-0.2, -0.15) is 0 Å². The van der Waals surface area contributed by atoms with E-state index in [4.69, 9.17) is 28.9 Å². The van der Waals surface area contributed by atoms with Crippen molar-refractivity contribution in [2.75, 3.05) is 11.1 Å². The van der Waals surface area contributed by atoms with Crippen molar-refractivity contribution < 1.29 is 4.79 Å². The van der Waals surface area contributed by atoms with Gasteiger partial charge in [-0.05, 0) is 30.7 Å². The van der Waals surface area contributed by atoms with Crippen molar-refractivity contribution in [2.45, 2.75) is 6.92 Å². The van der Waals surface area contributed by atoms with Gasteiger partial charge in [0, 0.05) is 11.3 Å². The van der Waals surface area contributed by atoms with Gasteiger partial charge < -0.3 is 11.1 Å². The van der Waals surface area contributed by atoms with E-state index in [0.29, 0.717) is 27.0 Å². The van der Waals surface area contributed by atoms with Gasteiger partial charge in [0.25, 0.3) is 5.91 Å². The van der Waals surface area contributed by atoms with E-state index in [1.165, 1.54) is 0 Å². The van der Waals surface area contributed by atoms with E-state index in [2.05, 4.69) is 5.32 Å². The predicted octanol–water partition coefficient (Wildman–Crippen LogP) is 4.14. The SMILES string of the molecule is Cc1ccccc1C(=O)Nc1cc(Cl)c(N)c(Cl)c1. The Morgan fingerprint density at radius 1 is 1.16 bits per heavy atom. The molecule has 0 saturated carbocycles. The number of carbonyl (C=O) groups is 1. The molecule has 0 saturated heterocycles. The summed E-state index contributed by atoms with van der Waals surface area (Å²) in [5, 5.41) is 3.37. The highest BCUT2D eigenvalue weighted by Crippen LogP contribution is 2.31. The molecule has 0 aliphatic carbocycles. The minimum absolute atomic E-state index is 0.213. The van der Waals surface area contributed by atoms with Crippen molar-refractivity contribution in [3.63, 3.8) is 0 Å². The van der Waals surface area contributed by atoms with Gasteiger partial charge in [0.05, 0.1) is 15.7 Å². The topological polar surface area (TPSA) is 55.1 Å². The van der Waals surface area contributed by atoms with Crippen LogP contribution in [0.2, 0.25) is 10.0 Å². The molecule has 0 fully saturated rings. The molecule has 0 aliphatic rings. The van der Waals surface area contributed by atoms with E-state index in [-0.39, 0.29) is 5.91 Å². The molecule has 1 amide bonds. The molecule has 0 aliphatic heterocycles. The highest BCUT2D eigenvalue weighted by Gasteiger charge is 2.11. The number of nitrogens with two attached hydrogens (primary N) is 1. The number of amides is 1. The molecule has 0 atom stereocenters. The second kappa shape index (κ2) is 5.51. The van der Waals surface area contributed by atoms with Gasteiger partial charge in [0.2, 0.25) is 0 Å². The number of hydrogen-bond donors (Lipinski definition) is 2. The van der Waals surface area contributed by atoms with Crippen molar-refractivity contribution in [3.05, 3.63) is 57.6 Å². The average molecular weight is 295 g/mol. The predicted molar refractivity (Wildman–Crippen MR) is 80.0 cm³/mol. The average Bonchev–Trinajstić information content (AvgIpc) is 2.36. The zero-order valence-electron chi connectivity index (χ0n) is 10.2. The second-order valence-corrected chi connectivity index (χ2v) is 4.94. The van der Waals surface area contributed by atoms with E-state index in [1.54, 1.807) is 18.2 Å². The van der Waals surface area contributed by atoms with Crippen LogP contribution in [0.3, 0.4) is 0 Å². The molecule has 3 N–H and O–H groups in total. The summed E-state index contributed by atoms with van der Waals surface area (Å²) in [7, 11) is 0. The number of nitrogen functional groups attached to an aromatic ring is 1. The van der Waals surface area contributed by atoms with Crippen molar-refractivity contribution in [1.29, 1.82) is 0 Å². The van der Waals surface area contributed by atoms with Crippen LogP contribution in [0.5, 0.6) is 0 Å². The lowest BCUT2D eigenvalue weighted by Gasteiger charge is -2.09. The Labute approximate surface area is 121 Å². The van der Waals surface area contributed by atoms with Crippen LogP contribution in [0.15, 0.2) is 36.4 Å². The molecule has 0 aromatic heterocycles. The van der Waals surface area contributed by atoms with Gasteiger partial charge >= 0.3 is 0 Å². The van der Waals surface area contributed by atoms with E-state index < -0.39 is 0 Å². The standard InChI is InChI=1S/C14H12Cl2N2O/c1-8-4-2-3-5-10(8)14(19)18-9-6-11(15)13(17)12(16)7-9/h2-7H,17H2,1H3,(H,18,19). The highest BCUT2D eigenvalue weighted by molar-refractivity contribution is 6.39. The summed E-state index contributed by atoms with van der Waals surface area (Å²) in [6, 6.07) is 10.5. The molecule has 3 nitrogen and oxygen atoms in total. The Kier molecular flexibility index (Phi) is 3.98. The zero-order chi connectivity index (χ0) is 14.0. The molecule has 2 aromatic carbocycles. The normalized spacial score (nSPS) is 10.3. The number of rotatable bonds is 2. The van der Waals surface area contributed by atoms with Crippen molar-refractivity contribution in [2.24, 2.45) is 0 Å². The molecular formula is C14H12Cl2N2O. The molecule has 19 heavy (non-hydrogen) atoms. The fourth-order valence-electron chi connectivity index (χ4n) is 1.68. The smallest absolute Gasteiger partial charge is 0.255 e. The van der Waals surface area contributed by atoms with Gasteiger partial charge in [-0.3, -0.25) is 4.79 Å². The number of hydrogen-bond acceptors (Lipinski definition) is 2. The highest BCUT2D eigenvalue weighted by atomic mass is 35.5. The zero-order valence-corrected chi connectivity index (χ0v) is 11.7. The van der Waals surface area contributed by atoms with Crippen molar-refractivity contribution in [1.82, 2.24) is 0 Å². The van der Waals surface area contributed by atoms with E-state index >= 15 is 0 Å². The van der Waals surface area contributed by atoms with Crippen LogP contribution in [0.4, 0.5) is 11.4 Å². The van der Waals surface area contributed by atoms with Crippen LogP contribution in [-0.2, 0) is 0 Å². The minimum atomic E-state index is -0.213. The molecule has 5 heteroatoms. The van der Waals surface area contributed by atoms with Crippen molar-refractivity contribution in [3.8, 4) is 0 Å². The summed E-state index contributed by atoms with van der Waals surface area (Å²) in [6.07, 6.45) is 0. The molecule has 98 valence electrons. The summed E-state index contributed by atoms with van der Waals surface area (Å²) in [4.78, 5) is 12.1. The number of benzene rings is 2. The first-order chi connectivity index (χ1) is 8.99. The molecule has 0 spiro atoms. The Morgan fingerprint density at radius 3 is 2.32 bits per heavy atom. The molecule has 0 radical (unpaired) electrons. The molecular weight excluding hydrogens is 283 g/mol. The van der Waals surface area contributed by atoms with Crippen LogP contribution < -0.4 is 11.1 Å². The molecule has 0 bridgehead atoms. The number of halogens is 2. The summed E-state index contributed by atoms with van der Waals surface area (Å²) in [5.41, 5.74) is 7.95. The molecule has 0 heterocycles. The third-order valence-electron chi connectivity index (χ3n) is 2.73. The minimum Gasteiger partial charge on any atom is -0.396 e. The summed E-state index contributed by atoms with van der Waals surface area (Å²) < 4.78 is 0. The van der Waals surface area contributed by atoms with Crippen LogP contribution in [0.1, 0.15) is 15.9 Å². The van der Waals surface area contributed by atoms with Gasteiger partial charge in [-0.15, -0.1) is 0 Å². The van der Waals surface area contributed by atoms with E-state index in [1.807, 2.05) is 25.1 Å². The second-order valence-electron chi connectivity index (χ2n) is 4.12. The fourth-order valence-corrected chi connectivity index (χ4v) is 2.17. The fraction of sp³-hybridized carbons (Fsp3) is 0.0714. The maximum atomic E-state index is 12.1. The van der Waals surface area contributed by atoms with Crippen LogP contribution in [-0.4, -0.2) is 5.91 Å². The third kappa shape index (κ3) is 3.00.